The summed E-state index contributed by atoms with van der Waals surface area (Å²) in [6.45, 7) is 2.77. The van der Waals surface area contributed by atoms with Gasteiger partial charge in [0, 0.05) is 37.0 Å². The fraction of sp³-hybridized carbons (Fsp3) is 0.381. The molecule has 1 aliphatic heterocycles. The van der Waals surface area contributed by atoms with E-state index in [1.807, 2.05) is 0 Å². The number of anilines is 1. The summed E-state index contributed by atoms with van der Waals surface area (Å²) in [7, 11) is 0. The van der Waals surface area contributed by atoms with Crippen LogP contribution in [0.4, 0.5) is 11.4 Å². The van der Waals surface area contributed by atoms with Gasteiger partial charge in [-0.05, 0) is 61.9 Å². The molecule has 0 unspecified atom stereocenters. The molecule has 1 fully saturated rings. The van der Waals surface area contributed by atoms with Crippen LogP contribution in [-0.4, -0.2) is 30.5 Å². The van der Waals surface area contributed by atoms with Crippen LogP contribution in [0.3, 0.4) is 0 Å². The standard InChI is InChI=1S/C21H24ClN3O3/c22-19-11-8-17(15-20(19)25(27)28)21(26)23-12-4-5-16-6-9-18(10-7-16)24-13-2-1-3-14-24/h6-11,15H,1-5,12-14H2,(H,23,26). The lowest BCUT2D eigenvalue weighted by Crippen LogP contribution is -2.29. The minimum absolute atomic E-state index is 0.0227. The van der Waals surface area contributed by atoms with Crippen LogP contribution < -0.4 is 10.2 Å². The Labute approximate surface area is 169 Å². The van der Waals surface area contributed by atoms with Crippen molar-refractivity contribution in [3.05, 3.63) is 68.7 Å². The summed E-state index contributed by atoms with van der Waals surface area (Å²) in [4.78, 5) is 24.9. The van der Waals surface area contributed by atoms with E-state index in [1.54, 1.807) is 0 Å². The van der Waals surface area contributed by atoms with Gasteiger partial charge in [-0.3, -0.25) is 14.9 Å². The van der Waals surface area contributed by atoms with Crippen LogP contribution in [0.5, 0.6) is 0 Å². The van der Waals surface area contributed by atoms with Crippen molar-refractivity contribution in [1.29, 1.82) is 0 Å². The molecule has 1 saturated heterocycles. The second-order valence-corrected chi connectivity index (χ2v) is 7.40. The number of nitrogens with one attached hydrogen (secondary N) is 1. The summed E-state index contributed by atoms with van der Waals surface area (Å²) in [6, 6.07) is 12.7. The molecular weight excluding hydrogens is 378 g/mol. The largest absolute Gasteiger partial charge is 0.372 e. The van der Waals surface area contributed by atoms with E-state index in [0.717, 1.165) is 25.9 Å². The van der Waals surface area contributed by atoms with Crippen molar-refractivity contribution >= 4 is 28.9 Å². The zero-order valence-electron chi connectivity index (χ0n) is 15.7. The topological polar surface area (TPSA) is 75.5 Å². The van der Waals surface area contributed by atoms with Gasteiger partial charge >= 0.3 is 0 Å². The molecule has 1 amide bonds. The molecule has 1 heterocycles. The fourth-order valence-electron chi connectivity index (χ4n) is 3.42. The zero-order chi connectivity index (χ0) is 19.9. The number of aryl methyl sites for hydroxylation is 1. The Morgan fingerprint density at radius 3 is 2.50 bits per heavy atom. The van der Waals surface area contributed by atoms with Gasteiger partial charge in [0.25, 0.3) is 11.6 Å². The number of nitro benzene ring substituents is 1. The molecule has 28 heavy (non-hydrogen) atoms. The Morgan fingerprint density at radius 1 is 1.11 bits per heavy atom. The highest BCUT2D eigenvalue weighted by Crippen LogP contribution is 2.25. The van der Waals surface area contributed by atoms with Crippen LogP contribution in [0.1, 0.15) is 41.6 Å². The molecule has 0 saturated carbocycles. The van der Waals surface area contributed by atoms with E-state index in [-0.39, 0.29) is 22.2 Å². The number of hydrogen-bond acceptors (Lipinski definition) is 4. The average molecular weight is 402 g/mol. The highest BCUT2D eigenvalue weighted by molar-refractivity contribution is 6.32. The molecule has 2 aromatic carbocycles. The van der Waals surface area contributed by atoms with Crippen LogP contribution >= 0.6 is 11.6 Å². The maximum absolute atomic E-state index is 12.2. The lowest BCUT2D eigenvalue weighted by molar-refractivity contribution is -0.384. The maximum atomic E-state index is 12.2. The van der Waals surface area contributed by atoms with Crippen LogP contribution in [0.15, 0.2) is 42.5 Å². The van der Waals surface area contributed by atoms with Gasteiger partial charge in [-0.1, -0.05) is 23.7 Å². The van der Waals surface area contributed by atoms with Crippen LogP contribution in [0, 0.1) is 10.1 Å². The number of nitro groups is 1. The normalized spacial score (nSPS) is 14.0. The lowest BCUT2D eigenvalue weighted by Gasteiger charge is -2.28. The zero-order valence-corrected chi connectivity index (χ0v) is 16.5. The number of piperidine rings is 1. The van der Waals surface area contributed by atoms with Crippen molar-refractivity contribution < 1.29 is 9.72 Å². The Hall–Kier alpha value is -2.60. The van der Waals surface area contributed by atoms with Gasteiger partial charge in [0.05, 0.1) is 4.92 Å². The summed E-state index contributed by atoms with van der Waals surface area (Å²) in [5.74, 6) is -0.333. The highest BCUT2D eigenvalue weighted by Gasteiger charge is 2.16. The van der Waals surface area contributed by atoms with Crippen molar-refractivity contribution in [2.75, 3.05) is 24.5 Å². The van der Waals surface area contributed by atoms with Crippen LogP contribution in [-0.2, 0) is 6.42 Å². The third-order valence-corrected chi connectivity index (χ3v) is 5.31. The Balaban J connectivity index is 1.46. The predicted molar refractivity (Wildman–Crippen MR) is 111 cm³/mol. The van der Waals surface area contributed by atoms with Gasteiger partial charge in [0.1, 0.15) is 5.02 Å². The first kappa shape index (κ1) is 20.1. The number of amides is 1. The molecule has 148 valence electrons. The molecule has 3 rings (SSSR count). The highest BCUT2D eigenvalue weighted by atomic mass is 35.5. The van der Waals surface area contributed by atoms with Crippen molar-refractivity contribution in [3.8, 4) is 0 Å². The Morgan fingerprint density at radius 2 is 1.82 bits per heavy atom. The summed E-state index contributed by atoms with van der Waals surface area (Å²) < 4.78 is 0. The van der Waals surface area contributed by atoms with E-state index in [0.29, 0.717) is 6.54 Å². The molecule has 0 radical (unpaired) electrons. The predicted octanol–water partition coefficient (Wildman–Crippen LogP) is 4.60. The van der Waals surface area contributed by atoms with Gasteiger partial charge in [-0.15, -0.1) is 0 Å². The van der Waals surface area contributed by atoms with Crippen molar-refractivity contribution in [1.82, 2.24) is 5.32 Å². The van der Waals surface area contributed by atoms with Gasteiger partial charge in [-0.25, -0.2) is 0 Å². The molecule has 7 heteroatoms. The molecule has 6 nitrogen and oxygen atoms in total. The fourth-order valence-corrected chi connectivity index (χ4v) is 3.60. The molecule has 0 atom stereocenters. The van der Waals surface area contributed by atoms with E-state index >= 15 is 0 Å². The van der Waals surface area contributed by atoms with E-state index in [9.17, 15) is 14.9 Å². The summed E-state index contributed by atoms with van der Waals surface area (Å²) in [6.07, 6.45) is 5.51. The maximum Gasteiger partial charge on any atom is 0.288 e. The van der Waals surface area contributed by atoms with Crippen LogP contribution in [0.2, 0.25) is 5.02 Å². The second kappa shape index (κ2) is 9.55. The second-order valence-electron chi connectivity index (χ2n) is 7.00. The molecule has 1 N–H and O–H groups in total. The first-order valence-corrected chi connectivity index (χ1v) is 9.98. The minimum Gasteiger partial charge on any atom is -0.372 e. The Kier molecular flexibility index (Phi) is 6.87. The van der Waals surface area contributed by atoms with Gasteiger partial charge in [0.2, 0.25) is 0 Å². The molecule has 0 aliphatic carbocycles. The van der Waals surface area contributed by atoms with Crippen molar-refractivity contribution in [3.63, 3.8) is 0 Å². The number of hydrogen-bond donors (Lipinski definition) is 1. The van der Waals surface area contributed by atoms with Gasteiger partial charge in [-0.2, -0.15) is 0 Å². The number of carbonyl (C=O) groups excluding carboxylic acids is 1. The third-order valence-electron chi connectivity index (χ3n) is 4.99. The lowest BCUT2D eigenvalue weighted by atomic mass is 10.1. The molecule has 0 aromatic heterocycles. The molecule has 1 aliphatic rings. The van der Waals surface area contributed by atoms with E-state index < -0.39 is 4.92 Å². The van der Waals surface area contributed by atoms with E-state index in [1.165, 1.54) is 48.7 Å². The number of carbonyl (C=O) groups is 1. The van der Waals surface area contributed by atoms with Crippen LogP contribution in [0.25, 0.3) is 0 Å². The van der Waals surface area contributed by atoms with Gasteiger partial charge < -0.3 is 10.2 Å². The summed E-state index contributed by atoms with van der Waals surface area (Å²) >= 11 is 5.77. The number of benzene rings is 2. The molecular formula is C21H24ClN3O3. The van der Waals surface area contributed by atoms with Crippen molar-refractivity contribution in [2.24, 2.45) is 0 Å². The monoisotopic (exact) mass is 401 g/mol. The number of halogens is 1. The quantitative estimate of drug-likeness (QED) is 0.418. The van der Waals surface area contributed by atoms with Gasteiger partial charge in [0.15, 0.2) is 0 Å². The molecule has 0 spiro atoms. The smallest absolute Gasteiger partial charge is 0.288 e. The molecule has 0 bridgehead atoms. The SMILES string of the molecule is O=C(NCCCc1ccc(N2CCCCC2)cc1)c1ccc(Cl)c([N+](=O)[O-])c1. The molecule has 2 aromatic rings. The minimum atomic E-state index is -0.591. The number of nitrogens with zero attached hydrogens (tertiary/aromatic N) is 2. The Bertz CT molecular complexity index is 833. The first-order chi connectivity index (χ1) is 13.5. The summed E-state index contributed by atoms with van der Waals surface area (Å²) in [5.41, 5.74) is 2.49. The van der Waals surface area contributed by atoms with E-state index in [2.05, 4.69) is 34.5 Å². The first-order valence-electron chi connectivity index (χ1n) is 9.60. The van der Waals surface area contributed by atoms with E-state index in [4.69, 9.17) is 11.6 Å². The van der Waals surface area contributed by atoms with Crippen molar-refractivity contribution in [2.45, 2.75) is 32.1 Å². The number of rotatable bonds is 7. The third kappa shape index (κ3) is 5.23. The average Bonchev–Trinajstić information content (AvgIpc) is 2.72. The summed E-state index contributed by atoms with van der Waals surface area (Å²) in [5, 5.41) is 13.8.